The lowest BCUT2D eigenvalue weighted by molar-refractivity contribution is -0.0119. The highest BCUT2D eigenvalue weighted by atomic mass is 16.5. The van der Waals surface area contributed by atoms with Crippen molar-refractivity contribution in [3.63, 3.8) is 0 Å². The standard InChI is InChI=1S/C20H32N4O2/c1-22-14-15-23(2)20(16-22)9-12-24(13-10-20)19(25)21-11-8-17-4-6-18(26-3)7-5-17/h4-7H,8-16H2,1-3H3,(H,21,25). The van der Waals surface area contributed by atoms with Crippen LogP contribution in [0.2, 0.25) is 0 Å². The molecule has 1 aromatic rings. The van der Waals surface area contributed by atoms with E-state index in [1.165, 1.54) is 5.56 Å². The maximum atomic E-state index is 12.5. The van der Waals surface area contributed by atoms with E-state index < -0.39 is 0 Å². The number of carbonyl (C=O) groups excluding carboxylic acids is 1. The number of carbonyl (C=O) groups is 1. The quantitative estimate of drug-likeness (QED) is 0.887. The highest BCUT2D eigenvalue weighted by Gasteiger charge is 2.41. The Labute approximate surface area is 157 Å². The van der Waals surface area contributed by atoms with Crippen LogP contribution < -0.4 is 10.1 Å². The summed E-state index contributed by atoms with van der Waals surface area (Å²) in [5.41, 5.74) is 1.45. The minimum absolute atomic E-state index is 0.0696. The number of nitrogens with zero attached hydrogens (tertiary/aromatic N) is 3. The van der Waals surface area contributed by atoms with Crippen molar-refractivity contribution in [3.8, 4) is 5.75 Å². The molecule has 1 aromatic carbocycles. The third kappa shape index (κ3) is 4.30. The van der Waals surface area contributed by atoms with E-state index in [0.29, 0.717) is 6.54 Å². The normalized spacial score (nSPS) is 21.0. The van der Waals surface area contributed by atoms with Gasteiger partial charge < -0.3 is 19.9 Å². The number of urea groups is 1. The van der Waals surface area contributed by atoms with Crippen LogP contribution in [0.4, 0.5) is 4.79 Å². The maximum Gasteiger partial charge on any atom is 0.317 e. The molecule has 1 spiro atoms. The summed E-state index contributed by atoms with van der Waals surface area (Å²) in [5, 5.41) is 3.07. The second-order valence-corrected chi connectivity index (χ2v) is 7.70. The number of rotatable bonds is 4. The molecule has 6 nitrogen and oxygen atoms in total. The second kappa shape index (κ2) is 8.27. The number of benzene rings is 1. The fourth-order valence-electron chi connectivity index (χ4n) is 4.14. The van der Waals surface area contributed by atoms with Gasteiger partial charge in [-0.1, -0.05) is 12.1 Å². The molecule has 0 aliphatic carbocycles. The van der Waals surface area contributed by atoms with Crippen LogP contribution in [-0.2, 0) is 6.42 Å². The molecule has 2 aliphatic rings. The highest BCUT2D eigenvalue weighted by Crippen LogP contribution is 2.31. The first kappa shape index (κ1) is 19.0. The fourth-order valence-corrected chi connectivity index (χ4v) is 4.14. The van der Waals surface area contributed by atoms with Crippen molar-refractivity contribution >= 4 is 6.03 Å². The molecule has 1 N–H and O–H groups in total. The van der Waals surface area contributed by atoms with Crippen LogP contribution >= 0.6 is 0 Å². The highest BCUT2D eigenvalue weighted by molar-refractivity contribution is 5.74. The van der Waals surface area contributed by atoms with E-state index in [1.54, 1.807) is 7.11 Å². The van der Waals surface area contributed by atoms with Crippen LogP contribution in [0.5, 0.6) is 5.75 Å². The number of piperazine rings is 1. The lowest BCUT2D eigenvalue weighted by Crippen LogP contribution is -2.64. The van der Waals surface area contributed by atoms with Gasteiger partial charge in [0.2, 0.25) is 0 Å². The molecule has 0 aromatic heterocycles. The summed E-state index contributed by atoms with van der Waals surface area (Å²) in [4.78, 5) is 19.4. The van der Waals surface area contributed by atoms with Crippen LogP contribution in [0, 0.1) is 0 Å². The summed E-state index contributed by atoms with van der Waals surface area (Å²) in [6.07, 6.45) is 2.94. The van der Waals surface area contributed by atoms with E-state index >= 15 is 0 Å². The van der Waals surface area contributed by atoms with Crippen molar-refractivity contribution < 1.29 is 9.53 Å². The Hall–Kier alpha value is -1.79. The third-order valence-electron chi connectivity index (χ3n) is 6.02. The molecule has 2 aliphatic heterocycles. The van der Waals surface area contributed by atoms with E-state index in [-0.39, 0.29) is 11.6 Å². The first-order chi connectivity index (χ1) is 12.5. The number of amides is 2. The predicted molar refractivity (Wildman–Crippen MR) is 104 cm³/mol. The van der Waals surface area contributed by atoms with Crippen LogP contribution in [0.3, 0.4) is 0 Å². The van der Waals surface area contributed by atoms with Gasteiger partial charge in [-0.05, 0) is 51.1 Å². The SMILES string of the molecule is COc1ccc(CCNC(=O)N2CCC3(CC2)CN(C)CCN3C)cc1. The molecule has 0 bridgehead atoms. The second-order valence-electron chi connectivity index (χ2n) is 7.70. The minimum Gasteiger partial charge on any atom is -0.497 e. The molecule has 0 unspecified atom stereocenters. The number of hydrogen-bond acceptors (Lipinski definition) is 4. The van der Waals surface area contributed by atoms with Crippen LogP contribution in [0.15, 0.2) is 24.3 Å². The lowest BCUT2D eigenvalue weighted by Gasteiger charge is -2.52. The zero-order chi connectivity index (χ0) is 18.6. The van der Waals surface area contributed by atoms with Crippen molar-refractivity contribution in [3.05, 3.63) is 29.8 Å². The molecule has 0 radical (unpaired) electrons. The largest absolute Gasteiger partial charge is 0.497 e. The Bertz CT molecular complexity index is 596. The Kier molecular flexibility index (Phi) is 6.04. The third-order valence-corrected chi connectivity index (χ3v) is 6.02. The van der Waals surface area contributed by atoms with Crippen molar-refractivity contribution in [2.45, 2.75) is 24.8 Å². The van der Waals surface area contributed by atoms with Crippen molar-refractivity contribution in [2.75, 3.05) is 60.5 Å². The predicted octanol–water partition coefficient (Wildman–Crippen LogP) is 1.66. The molecular formula is C20H32N4O2. The molecule has 6 heteroatoms. The molecule has 2 heterocycles. The molecule has 2 saturated heterocycles. The monoisotopic (exact) mass is 360 g/mol. The Morgan fingerprint density at radius 3 is 2.46 bits per heavy atom. The molecule has 0 atom stereocenters. The van der Waals surface area contributed by atoms with Gasteiger partial charge in [0.1, 0.15) is 5.75 Å². The summed E-state index contributed by atoms with van der Waals surface area (Å²) in [5.74, 6) is 0.860. The van der Waals surface area contributed by atoms with Crippen molar-refractivity contribution in [2.24, 2.45) is 0 Å². The van der Waals surface area contributed by atoms with Gasteiger partial charge in [-0.3, -0.25) is 4.90 Å². The Morgan fingerprint density at radius 1 is 1.12 bits per heavy atom. The van der Waals surface area contributed by atoms with E-state index in [4.69, 9.17) is 4.74 Å². The molecule has 0 saturated carbocycles. The van der Waals surface area contributed by atoms with Gasteiger partial charge in [0, 0.05) is 44.8 Å². The molecule has 2 fully saturated rings. The molecule has 3 rings (SSSR count). The fraction of sp³-hybridized carbons (Fsp3) is 0.650. The summed E-state index contributed by atoms with van der Waals surface area (Å²) in [6.45, 7) is 5.70. The van der Waals surface area contributed by atoms with E-state index in [0.717, 1.165) is 57.7 Å². The van der Waals surface area contributed by atoms with Gasteiger partial charge in [0.15, 0.2) is 0 Å². The first-order valence-electron chi connectivity index (χ1n) is 9.58. The zero-order valence-electron chi connectivity index (χ0n) is 16.3. The van der Waals surface area contributed by atoms with Gasteiger partial charge in [-0.25, -0.2) is 4.79 Å². The number of likely N-dealkylation sites (N-methyl/N-ethyl adjacent to an activating group) is 2. The molecule has 144 valence electrons. The number of piperidine rings is 1. The number of ether oxygens (including phenoxy) is 1. The van der Waals surface area contributed by atoms with Gasteiger partial charge in [-0.2, -0.15) is 0 Å². The van der Waals surface area contributed by atoms with Gasteiger partial charge >= 0.3 is 6.03 Å². The van der Waals surface area contributed by atoms with E-state index in [2.05, 4.69) is 29.2 Å². The summed E-state index contributed by atoms with van der Waals surface area (Å²) >= 11 is 0. The number of methoxy groups -OCH3 is 1. The topological polar surface area (TPSA) is 48.1 Å². The molecular weight excluding hydrogens is 328 g/mol. The molecule has 26 heavy (non-hydrogen) atoms. The maximum absolute atomic E-state index is 12.5. The van der Waals surface area contributed by atoms with Gasteiger partial charge in [-0.15, -0.1) is 0 Å². The average Bonchev–Trinajstić information content (AvgIpc) is 2.66. The number of nitrogens with one attached hydrogen (secondary N) is 1. The van der Waals surface area contributed by atoms with Crippen LogP contribution in [-0.4, -0.2) is 86.7 Å². The lowest BCUT2D eigenvalue weighted by atomic mass is 9.84. The number of hydrogen-bond donors (Lipinski definition) is 1. The number of likely N-dealkylation sites (tertiary alicyclic amines) is 1. The smallest absolute Gasteiger partial charge is 0.317 e. The minimum atomic E-state index is 0.0696. The summed E-state index contributed by atoms with van der Waals surface area (Å²) in [6, 6.07) is 8.08. The van der Waals surface area contributed by atoms with Gasteiger partial charge in [0.05, 0.1) is 7.11 Å². The van der Waals surface area contributed by atoms with Crippen LogP contribution in [0.1, 0.15) is 18.4 Å². The van der Waals surface area contributed by atoms with E-state index in [9.17, 15) is 4.79 Å². The van der Waals surface area contributed by atoms with E-state index in [1.807, 2.05) is 29.2 Å². The van der Waals surface area contributed by atoms with Crippen molar-refractivity contribution in [1.29, 1.82) is 0 Å². The zero-order valence-corrected chi connectivity index (χ0v) is 16.3. The van der Waals surface area contributed by atoms with Crippen LogP contribution in [0.25, 0.3) is 0 Å². The Balaban J connectivity index is 1.43. The van der Waals surface area contributed by atoms with Crippen molar-refractivity contribution in [1.82, 2.24) is 20.0 Å². The molecule has 2 amide bonds. The van der Waals surface area contributed by atoms with Gasteiger partial charge in [0.25, 0.3) is 0 Å². The summed E-state index contributed by atoms with van der Waals surface area (Å²) < 4.78 is 5.17. The Morgan fingerprint density at radius 2 is 1.81 bits per heavy atom. The summed E-state index contributed by atoms with van der Waals surface area (Å²) in [7, 11) is 6.10. The first-order valence-corrected chi connectivity index (χ1v) is 9.58. The average molecular weight is 361 g/mol.